The molecule has 3 atom stereocenters. The smallest absolute Gasteiger partial charge is 0.305 e. The molecule has 13 nitrogen and oxygen atoms in total. The van der Waals surface area contributed by atoms with Crippen molar-refractivity contribution in [2.75, 3.05) is 46.2 Å². The van der Waals surface area contributed by atoms with Crippen LogP contribution in [0, 0.1) is 35.5 Å². The van der Waals surface area contributed by atoms with Crippen LogP contribution in [0.1, 0.15) is 218 Å². The molecule has 0 spiro atoms. The van der Waals surface area contributed by atoms with Crippen molar-refractivity contribution in [2.24, 2.45) is 35.5 Å². The van der Waals surface area contributed by atoms with E-state index in [4.69, 9.17) is 33.2 Å². The molecule has 5 rings (SSSR count). The molecule has 384 valence electrons. The van der Waals surface area contributed by atoms with Gasteiger partial charge in [0.1, 0.15) is 26.4 Å². The van der Waals surface area contributed by atoms with Gasteiger partial charge in [-0.3, -0.25) is 24.0 Å². The first kappa shape index (κ1) is 55.2. The minimum absolute atomic E-state index is 0.00602. The summed E-state index contributed by atoms with van der Waals surface area (Å²) >= 11 is 0. The predicted octanol–water partition coefficient (Wildman–Crippen LogP) is 10.8. The monoisotopic (exact) mass is 947 g/mol. The number of aliphatic hydroxyl groups excluding tert-OH is 1. The molecule has 0 radical (unpaired) electrons. The second-order valence-corrected chi connectivity index (χ2v) is 21.3. The van der Waals surface area contributed by atoms with E-state index in [-0.39, 0.29) is 76.3 Å². The summed E-state index contributed by atoms with van der Waals surface area (Å²) in [5.74, 6) is -0.567. The van der Waals surface area contributed by atoms with Gasteiger partial charge in [0.25, 0.3) is 0 Å². The Labute approximate surface area is 402 Å². The van der Waals surface area contributed by atoms with Crippen molar-refractivity contribution in [3.8, 4) is 0 Å². The van der Waals surface area contributed by atoms with Crippen LogP contribution < -0.4 is 0 Å². The van der Waals surface area contributed by atoms with Gasteiger partial charge in [-0.05, 0) is 75.0 Å². The maximum absolute atomic E-state index is 12.8. The Morgan fingerprint density at radius 2 is 0.731 bits per heavy atom. The summed E-state index contributed by atoms with van der Waals surface area (Å²) in [5, 5.41) is 10.7. The van der Waals surface area contributed by atoms with Crippen LogP contribution >= 0.6 is 0 Å². The highest BCUT2D eigenvalue weighted by molar-refractivity contribution is 5.71. The van der Waals surface area contributed by atoms with Gasteiger partial charge < -0.3 is 38.3 Å². The number of aliphatic hydroxyl groups is 1. The summed E-state index contributed by atoms with van der Waals surface area (Å²) < 4.78 is 40.2. The number of ether oxygens (including phenoxy) is 7. The molecular formula is C54H90O13. The van der Waals surface area contributed by atoms with Crippen molar-refractivity contribution in [1.82, 2.24) is 0 Å². The van der Waals surface area contributed by atoms with Gasteiger partial charge in [-0.15, -0.1) is 0 Å². The van der Waals surface area contributed by atoms with E-state index in [0.717, 1.165) is 57.8 Å². The average Bonchev–Trinajstić information content (AvgIpc) is 4.14. The molecule has 1 saturated heterocycles. The standard InChI is InChI=1S/C54H90O13/c55-48(23-13-25-49(56)61-35-46(36-63-51(58)30-27-42-15-5-1-6-16-42)37-64-52(59)31-28-43-17-7-2-8-18-43)24-14-26-50(57)62-38-47(39-65-53(60)32-29-44-19-9-3-10-20-44)40-66-54(41-67-54)34-33-45-21-11-4-12-22-45/h42-48,55H,1-41H2. The Morgan fingerprint density at radius 1 is 0.433 bits per heavy atom. The second kappa shape index (κ2) is 32.2. The number of hydrogen-bond acceptors (Lipinski definition) is 13. The molecule has 5 aliphatic rings. The fourth-order valence-corrected chi connectivity index (χ4v) is 10.8. The lowest BCUT2D eigenvalue weighted by molar-refractivity contribution is -0.155. The van der Waals surface area contributed by atoms with Gasteiger partial charge in [0.2, 0.25) is 0 Å². The molecule has 0 amide bonds. The number of carbonyl (C=O) groups is 5. The second-order valence-electron chi connectivity index (χ2n) is 21.3. The minimum Gasteiger partial charge on any atom is -0.465 e. The number of carbonyl (C=O) groups excluding carboxylic acids is 5. The fraction of sp³-hybridized carbons (Fsp3) is 0.907. The highest BCUT2D eigenvalue weighted by Gasteiger charge is 2.46. The number of epoxide rings is 1. The summed E-state index contributed by atoms with van der Waals surface area (Å²) in [5.41, 5.74) is 0. The Kier molecular flexibility index (Phi) is 26.5. The van der Waals surface area contributed by atoms with Crippen LogP contribution in [0.3, 0.4) is 0 Å². The molecule has 4 saturated carbocycles. The van der Waals surface area contributed by atoms with Gasteiger partial charge in [-0.25, -0.2) is 0 Å². The third-order valence-electron chi connectivity index (χ3n) is 15.4. The van der Waals surface area contributed by atoms with Crippen LogP contribution in [0.15, 0.2) is 0 Å². The molecule has 0 bridgehead atoms. The van der Waals surface area contributed by atoms with E-state index < -0.39 is 29.7 Å². The van der Waals surface area contributed by atoms with Crippen molar-refractivity contribution < 1.29 is 62.2 Å². The van der Waals surface area contributed by atoms with Gasteiger partial charge in [0.05, 0.1) is 37.8 Å². The fourth-order valence-electron chi connectivity index (χ4n) is 10.8. The predicted molar refractivity (Wildman–Crippen MR) is 253 cm³/mol. The van der Waals surface area contributed by atoms with Crippen molar-refractivity contribution in [3.63, 3.8) is 0 Å². The first-order chi connectivity index (χ1) is 32.6. The topological polar surface area (TPSA) is 173 Å². The molecule has 5 fully saturated rings. The first-order valence-corrected chi connectivity index (χ1v) is 27.4. The number of hydrogen-bond donors (Lipinski definition) is 1. The Balaban J connectivity index is 0.957. The lowest BCUT2D eigenvalue weighted by atomic mass is 9.85. The van der Waals surface area contributed by atoms with E-state index in [9.17, 15) is 29.1 Å². The Hall–Kier alpha value is -2.77. The zero-order valence-electron chi connectivity index (χ0n) is 41.4. The van der Waals surface area contributed by atoms with E-state index >= 15 is 0 Å². The van der Waals surface area contributed by atoms with Gasteiger partial charge in [-0.2, -0.15) is 0 Å². The molecule has 0 aromatic carbocycles. The van der Waals surface area contributed by atoms with Crippen LogP contribution in [0.5, 0.6) is 0 Å². The Morgan fingerprint density at radius 3 is 1.06 bits per heavy atom. The van der Waals surface area contributed by atoms with Crippen LogP contribution in [0.25, 0.3) is 0 Å². The number of esters is 5. The minimum atomic E-state index is -0.702. The summed E-state index contributed by atoms with van der Waals surface area (Å²) in [7, 11) is 0. The van der Waals surface area contributed by atoms with E-state index in [1.165, 1.54) is 103 Å². The van der Waals surface area contributed by atoms with E-state index in [1.807, 2.05) is 0 Å². The zero-order valence-corrected chi connectivity index (χ0v) is 41.4. The molecular weight excluding hydrogens is 857 g/mol. The highest BCUT2D eigenvalue weighted by Crippen LogP contribution is 2.38. The van der Waals surface area contributed by atoms with Crippen LogP contribution in [-0.2, 0) is 57.1 Å². The van der Waals surface area contributed by atoms with E-state index in [0.29, 0.717) is 75.2 Å². The van der Waals surface area contributed by atoms with Crippen LogP contribution in [0.4, 0.5) is 0 Å². The zero-order chi connectivity index (χ0) is 47.4. The SMILES string of the molecule is O=C(CCCC(O)CCCC(=O)OCC(COC(=O)CCC1CCCCC1)COC1(CCC2CCCCC2)CO1)OCC(COC(=O)CCC1CCCCC1)COC(=O)CCC1CCCCC1. The van der Waals surface area contributed by atoms with E-state index in [1.54, 1.807) is 0 Å². The molecule has 13 heteroatoms. The molecule has 4 aliphatic carbocycles. The van der Waals surface area contributed by atoms with Crippen molar-refractivity contribution in [1.29, 1.82) is 0 Å². The van der Waals surface area contributed by atoms with E-state index in [2.05, 4.69) is 0 Å². The van der Waals surface area contributed by atoms with Crippen molar-refractivity contribution in [2.45, 2.75) is 230 Å². The summed E-state index contributed by atoms with van der Waals surface area (Å²) in [4.78, 5) is 63.6. The molecule has 1 aliphatic heterocycles. The first-order valence-electron chi connectivity index (χ1n) is 27.4. The molecule has 0 aromatic heterocycles. The lowest BCUT2D eigenvalue weighted by Crippen LogP contribution is -2.29. The molecule has 0 aromatic rings. The average molecular weight is 947 g/mol. The maximum Gasteiger partial charge on any atom is 0.305 e. The molecule has 1 N–H and O–H groups in total. The van der Waals surface area contributed by atoms with Crippen molar-refractivity contribution in [3.05, 3.63) is 0 Å². The molecule has 67 heavy (non-hydrogen) atoms. The van der Waals surface area contributed by atoms with Crippen molar-refractivity contribution >= 4 is 29.8 Å². The summed E-state index contributed by atoms with van der Waals surface area (Å²) in [6.07, 6.45) is 31.1. The summed E-state index contributed by atoms with van der Waals surface area (Å²) in [6, 6.07) is 0. The van der Waals surface area contributed by atoms with Crippen LogP contribution in [0.2, 0.25) is 0 Å². The normalized spacial score (nSPS) is 21.9. The highest BCUT2D eigenvalue weighted by atomic mass is 16.8. The molecule has 3 unspecified atom stereocenters. The third-order valence-corrected chi connectivity index (χ3v) is 15.4. The van der Waals surface area contributed by atoms with Gasteiger partial charge in [0.15, 0.2) is 5.79 Å². The maximum atomic E-state index is 12.8. The lowest BCUT2D eigenvalue weighted by Gasteiger charge is -2.24. The summed E-state index contributed by atoms with van der Waals surface area (Å²) in [6.45, 7) is 0.953. The quantitative estimate of drug-likeness (QED) is 0.0374. The van der Waals surface area contributed by atoms with Gasteiger partial charge in [0, 0.05) is 38.5 Å². The Bertz CT molecular complexity index is 1370. The number of rotatable bonds is 33. The van der Waals surface area contributed by atoms with Gasteiger partial charge >= 0.3 is 29.8 Å². The largest absolute Gasteiger partial charge is 0.465 e. The molecule has 1 heterocycles. The van der Waals surface area contributed by atoms with Gasteiger partial charge in [-0.1, -0.05) is 128 Å². The third kappa shape index (κ3) is 24.6. The van der Waals surface area contributed by atoms with Crippen LogP contribution in [-0.4, -0.2) is 93.1 Å².